The summed E-state index contributed by atoms with van der Waals surface area (Å²) in [5, 5.41) is 6.95. The molecule has 1 aliphatic rings. The van der Waals surface area contributed by atoms with E-state index in [4.69, 9.17) is 4.42 Å². The highest BCUT2D eigenvalue weighted by atomic mass is 127. The third-order valence-electron chi connectivity index (χ3n) is 4.73. The molecule has 2 aromatic rings. The lowest BCUT2D eigenvalue weighted by Gasteiger charge is -2.36. The quantitative estimate of drug-likeness (QED) is 0.344. The third kappa shape index (κ3) is 6.67. The van der Waals surface area contributed by atoms with Gasteiger partial charge in [-0.1, -0.05) is 26.0 Å². The van der Waals surface area contributed by atoms with Gasteiger partial charge >= 0.3 is 0 Å². The summed E-state index contributed by atoms with van der Waals surface area (Å²) in [7, 11) is 1.83. The number of carbonyl (C=O) groups excluding carboxylic acids is 1. The van der Waals surface area contributed by atoms with Crippen molar-refractivity contribution in [3.8, 4) is 0 Å². The van der Waals surface area contributed by atoms with Gasteiger partial charge in [-0.25, -0.2) is 0 Å². The first-order valence-electron chi connectivity index (χ1n) is 9.58. The van der Waals surface area contributed by atoms with Gasteiger partial charge in [-0.2, -0.15) is 11.8 Å². The number of nitrogens with one attached hydrogen (secondary N) is 2. The molecule has 8 heteroatoms. The number of anilines is 1. The third-order valence-corrected chi connectivity index (χ3v) is 6.27. The number of hydrogen-bond acceptors (Lipinski definition) is 4. The number of amides is 1. The Labute approximate surface area is 193 Å². The van der Waals surface area contributed by atoms with E-state index in [0.717, 1.165) is 36.1 Å². The zero-order chi connectivity index (χ0) is 19.9. The van der Waals surface area contributed by atoms with Crippen LogP contribution in [0.2, 0.25) is 0 Å². The Bertz CT molecular complexity index is 811. The molecule has 0 spiro atoms. The minimum Gasteiger partial charge on any atom is -0.459 e. The minimum absolute atomic E-state index is 0. The van der Waals surface area contributed by atoms with Crippen LogP contribution in [-0.4, -0.2) is 47.9 Å². The van der Waals surface area contributed by atoms with E-state index < -0.39 is 0 Å². The monoisotopic (exact) mass is 528 g/mol. The standard InChI is InChI=1S/C21H28N4O2S.HI/c1-15(2)19-14-25(9-11-28-19)21(22-3)23-13-16-6-4-7-17(12-16)24-20(26)18-8-5-10-27-18;/h4-8,10,12,15,19H,9,11,13-14H2,1-3H3,(H,22,23)(H,24,26);1H. The highest BCUT2D eigenvalue weighted by Crippen LogP contribution is 2.25. The molecule has 1 aliphatic heterocycles. The molecule has 3 rings (SSSR count). The van der Waals surface area contributed by atoms with Crippen molar-refractivity contribution in [1.82, 2.24) is 10.2 Å². The van der Waals surface area contributed by atoms with E-state index in [9.17, 15) is 4.79 Å². The fraction of sp³-hybridized carbons (Fsp3) is 0.429. The molecule has 1 saturated heterocycles. The van der Waals surface area contributed by atoms with Gasteiger partial charge in [0, 0.05) is 43.4 Å². The number of rotatable bonds is 5. The Kier molecular flexibility index (Phi) is 9.35. The van der Waals surface area contributed by atoms with Crippen LogP contribution in [0.15, 0.2) is 52.1 Å². The summed E-state index contributed by atoms with van der Waals surface area (Å²) in [4.78, 5) is 18.9. The second-order valence-electron chi connectivity index (χ2n) is 7.13. The molecule has 2 N–H and O–H groups in total. The molecule has 2 heterocycles. The van der Waals surface area contributed by atoms with Crippen molar-refractivity contribution in [3.05, 3.63) is 54.0 Å². The maximum absolute atomic E-state index is 12.1. The van der Waals surface area contributed by atoms with Crippen LogP contribution in [0, 0.1) is 5.92 Å². The Morgan fingerprint density at radius 2 is 2.17 bits per heavy atom. The van der Waals surface area contributed by atoms with Crippen molar-refractivity contribution in [1.29, 1.82) is 0 Å². The lowest BCUT2D eigenvalue weighted by atomic mass is 10.1. The highest BCUT2D eigenvalue weighted by Gasteiger charge is 2.24. The van der Waals surface area contributed by atoms with Crippen molar-refractivity contribution in [2.45, 2.75) is 25.6 Å². The number of aliphatic imine (C=N–C) groups is 1. The molecule has 6 nitrogen and oxygen atoms in total. The van der Waals surface area contributed by atoms with Crippen LogP contribution in [-0.2, 0) is 6.54 Å². The molecule has 0 radical (unpaired) electrons. The predicted molar refractivity (Wildman–Crippen MR) is 131 cm³/mol. The van der Waals surface area contributed by atoms with E-state index in [1.165, 1.54) is 6.26 Å². The van der Waals surface area contributed by atoms with Crippen molar-refractivity contribution in [2.75, 3.05) is 31.2 Å². The van der Waals surface area contributed by atoms with Gasteiger partial charge in [0.2, 0.25) is 0 Å². The van der Waals surface area contributed by atoms with E-state index in [-0.39, 0.29) is 29.9 Å². The second-order valence-corrected chi connectivity index (χ2v) is 8.48. The number of guanidine groups is 1. The van der Waals surface area contributed by atoms with Crippen molar-refractivity contribution < 1.29 is 9.21 Å². The Hall–Kier alpha value is -1.68. The number of halogens is 1. The predicted octanol–water partition coefficient (Wildman–Crippen LogP) is 4.30. The summed E-state index contributed by atoms with van der Waals surface area (Å²) in [6.07, 6.45) is 1.49. The zero-order valence-electron chi connectivity index (χ0n) is 17.1. The largest absolute Gasteiger partial charge is 0.459 e. The summed E-state index contributed by atoms with van der Waals surface area (Å²) < 4.78 is 5.14. The fourth-order valence-corrected chi connectivity index (χ4v) is 4.44. The van der Waals surface area contributed by atoms with Crippen LogP contribution in [0.3, 0.4) is 0 Å². The number of carbonyl (C=O) groups is 1. The molecule has 0 aliphatic carbocycles. The molecule has 158 valence electrons. The van der Waals surface area contributed by atoms with Gasteiger partial charge in [0.25, 0.3) is 5.91 Å². The molecule has 1 fully saturated rings. The number of nitrogens with zero attached hydrogens (tertiary/aromatic N) is 2. The molecule has 1 amide bonds. The van der Waals surface area contributed by atoms with Crippen molar-refractivity contribution >= 4 is 53.3 Å². The van der Waals surface area contributed by atoms with Gasteiger partial charge in [0.15, 0.2) is 11.7 Å². The van der Waals surface area contributed by atoms with Gasteiger partial charge in [-0.15, -0.1) is 24.0 Å². The van der Waals surface area contributed by atoms with Gasteiger partial charge < -0.3 is 20.0 Å². The number of benzene rings is 1. The number of hydrogen-bond donors (Lipinski definition) is 2. The van der Waals surface area contributed by atoms with Crippen molar-refractivity contribution in [2.24, 2.45) is 10.9 Å². The van der Waals surface area contributed by atoms with E-state index in [1.807, 2.05) is 31.3 Å². The van der Waals surface area contributed by atoms with Gasteiger partial charge in [0.1, 0.15) is 0 Å². The fourth-order valence-electron chi connectivity index (χ4n) is 3.14. The van der Waals surface area contributed by atoms with E-state index in [0.29, 0.717) is 23.5 Å². The molecule has 1 aromatic heterocycles. The average Bonchev–Trinajstić information content (AvgIpc) is 3.24. The maximum atomic E-state index is 12.1. The zero-order valence-corrected chi connectivity index (χ0v) is 20.2. The maximum Gasteiger partial charge on any atom is 0.291 e. The number of thioether (sulfide) groups is 1. The number of furan rings is 1. The first-order valence-corrected chi connectivity index (χ1v) is 10.6. The van der Waals surface area contributed by atoms with Crippen LogP contribution in [0.4, 0.5) is 5.69 Å². The van der Waals surface area contributed by atoms with E-state index in [1.54, 1.807) is 12.1 Å². The summed E-state index contributed by atoms with van der Waals surface area (Å²) in [5.41, 5.74) is 1.81. The Morgan fingerprint density at radius 3 is 2.86 bits per heavy atom. The van der Waals surface area contributed by atoms with Gasteiger partial charge in [-0.05, 0) is 35.7 Å². The molecular formula is C21H29IN4O2S. The van der Waals surface area contributed by atoms with Crippen LogP contribution < -0.4 is 10.6 Å². The summed E-state index contributed by atoms with van der Waals surface area (Å²) >= 11 is 2.05. The first kappa shape index (κ1) is 23.6. The van der Waals surface area contributed by atoms with Gasteiger partial charge in [0.05, 0.1) is 6.26 Å². The van der Waals surface area contributed by atoms with Gasteiger partial charge in [-0.3, -0.25) is 9.79 Å². The summed E-state index contributed by atoms with van der Waals surface area (Å²) in [6.45, 7) is 7.22. The molecule has 1 unspecified atom stereocenters. The summed E-state index contributed by atoms with van der Waals surface area (Å²) in [5.74, 6) is 2.75. The molecule has 29 heavy (non-hydrogen) atoms. The molecule has 1 aromatic carbocycles. The SMILES string of the molecule is CN=C(NCc1cccc(NC(=O)c2ccco2)c1)N1CCSC(C(C)C)C1.I. The highest BCUT2D eigenvalue weighted by molar-refractivity contribution is 14.0. The Morgan fingerprint density at radius 1 is 1.34 bits per heavy atom. The molecule has 0 bridgehead atoms. The van der Waals surface area contributed by atoms with Crippen LogP contribution in [0.1, 0.15) is 30.0 Å². The van der Waals surface area contributed by atoms with Crippen LogP contribution >= 0.6 is 35.7 Å². The van der Waals surface area contributed by atoms with Crippen LogP contribution in [0.5, 0.6) is 0 Å². The molecule has 1 atom stereocenters. The summed E-state index contributed by atoms with van der Waals surface area (Å²) in [6, 6.07) is 11.1. The lowest BCUT2D eigenvalue weighted by Crippen LogP contribution is -2.48. The molecular weight excluding hydrogens is 499 g/mol. The minimum atomic E-state index is -0.253. The normalized spacial score (nSPS) is 17.0. The van der Waals surface area contributed by atoms with E-state index >= 15 is 0 Å². The Balaban J connectivity index is 0.00000300. The lowest BCUT2D eigenvalue weighted by molar-refractivity contribution is 0.0996. The van der Waals surface area contributed by atoms with E-state index in [2.05, 4.69) is 46.1 Å². The average molecular weight is 528 g/mol. The van der Waals surface area contributed by atoms with Crippen molar-refractivity contribution in [3.63, 3.8) is 0 Å². The first-order chi connectivity index (χ1) is 13.6. The second kappa shape index (κ2) is 11.5. The topological polar surface area (TPSA) is 69.9 Å². The molecule has 0 saturated carbocycles. The van der Waals surface area contributed by atoms with Crippen LogP contribution in [0.25, 0.3) is 0 Å². The smallest absolute Gasteiger partial charge is 0.291 e.